The van der Waals surface area contributed by atoms with Gasteiger partial charge in [0.2, 0.25) is 0 Å². The van der Waals surface area contributed by atoms with Gasteiger partial charge in [0, 0.05) is 30.7 Å². The van der Waals surface area contributed by atoms with Gasteiger partial charge >= 0.3 is 0 Å². The molecular formula is C18H17FN4OS. The summed E-state index contributed by atoms with van der Waals surface area (Å²) in [5.74, 6) is -0.172. The van der Waals surface area contributed by atoms with Gasteiger partial charge in [-0.05, 0) is 49.1 Å². The van der Waals surface area contributed by atoms with Crippen molar-refractivity contribution < 1.29 is 9.18 Å². The van der Waals surface area contributed by atoms with Crippen molar-refractivity contribution in [3.05, 3.63) is 53.6 Å². The highest BCUT2D eigenvalue weighted by Gasteiger charge is 2.27. The Morgan fingerprint density at radius 3 is 3.12 bits per heavy atom. The van der Waals surface area contributed by atoms with E-state index in [9.17, 15) is 9.18 Å². The number of benzene rings is 1. The average Bonchev–Trinajstić information content (AvgIpc) is 3.21. The molecule has 1 aliphatic rings. The Morgan fingerprint density at radius 2 is 2.28 bits per heavy atom. The zero-order valence-corrected chi connectivity index (χ0v) is 14.5. The van der Waals surface area contributed by atoms with Gasteiger partial charge in [-0.15, -0.1) is 0 Å². The van der Waals surface area contributed by atoms with Crippen LogP contribution < -0.4 is 10.2 Å². The van der Waals surface area contributed by atoms with E-state index in [0.29, 0.717) is 24.6 Å². The van der Waals surface area contributed by atoms with Crippen LogP contribution in [0.1, 0.15) is 22.5 Å². The quantitative estimate of drug-likeness (QED) is 0.783. The number of nitrogens with zero attached hydrogens (tertiary/aromatic N) is 3. The van der Waals surface area contributed by atoms with Crippen LogP contribution in [0.15, 0.2) is 36.5 Å². The second-order valence-electron chi connectivity index (χ2n) is 6.24. The molecule has 2 aromatic heterocycles. The molecule has 0 bridgehead atoms. The summed E-state index contributed by atoms with van der Waals surface area (Å²) in [6.07, 6.45) is 2.33. The first-order chi connectivity index (χ1) is 12.1. The van der Waals surface area contributed by atoms with E-state index in [4.69, 9.17) is 0 Å². The first kappa shape index (κ1) is 16.0. The minimum Gasteiger partial charge on any atom is -0.352 e. The van der Waals surface area contributed by atoms with Crippen LogP contribution in [0.5, 0.6) is 0 Å². The van der Waals surface area contributed by atoms with Crippen molar-refractivity contribution in [3.8, 4) is 0 Å². The lowest BCUT2D eigenvalue weighted by atomic mass is 10.1. The van der Waals surface area contributed by atoms with E-state index >= 15 is 0 Å². The molecule has 0 aliphatic carbocycles. The molecule has 3 heterocycles. The number of aryl methyl sites for hydroxylation is 1. The summed E-state index contributed by atoms with van der Waals surface area (Å²) < 4.78 is 19.2. The molecule has 1 saturated heterocycles. The van der Waals surface area contributed by atoms with Gasteiger partial charge in [-0.25, -0.2) is 9.37 Å². The Kier molecular flexibility index (Phi) is 4.09. The van der Waals surface area contributed by atoms with Gasteiger partial charge < -0.3 is 10.2 Å². The molecule has 3 aromatic rings. The first-order valence-corrected chi connectivity index (χ1v) is 8.91. The van der Waals surface area contributed by atoms with Crippen molar-refractivity contribution in [3.63, 3.8) is 0 Å². The van der Waals surface area contributed by atoms with Crippen LogP contribution >= 0.6 is 11.5 Å². The van der Waals surface area contributed by atoms with Crippen molar-refractivity contribution >= 4 is 33.3 Å². The molecule has 128 valence electrons. The largest absolute Gasteiger partial charge is 0.352 e. The number of anilines is 1. The van der Waals surface area contributed by atoms with E-state index in [-0.39, 0.29) is 17.8 Å². The standard InChI is InChI=1S/C18H17FN4OS/c1-11-4-5-15-13(9-11)16(22-25-15)18(24)21-12-6-8-23(10-12)17-14(19)3-2-7-20-17/h2-5,7,9,12H,6,8,10H2,1H3,(H,21,24). The molecule has 1 amide bonds. The maximum Gasteiger partial charge on any atom is 0.271 e. The van der Waals surface area contributed by atoms with Crippen LogP contribution in [0, 0.1) is 12.7 Å². The SMILES string of the molecule is Cc1ccc2snc(C(=O)NC3CCN(c4ncccc4F)C3)c2c1. The van der Waals surface area contributed by atoms with Crippen LogP contribution in [-0.4, -0.2) is 34.4 Å². The summed E-state index contributed by atoms with van der Waals surface area (Å²) in [4.78, 5) is 18.6. The zero-order chi connectivity index (χ0) is 17.4. The van der Waals surface area contributed by atoms with Crippen molar-refractivity contribution in [1.29, 1.82) is 0 Å². The van der Waals surface area contributed by atoms with E-state index in [1.165, 1.54) is 17.6 Å². The number of carbonyl (C=O) groups is 1. The number of hydrogen-bond donors (Lipinski definition) is 1. The van der Waals surface area contributed by atoms with Crippen LogP contribution in [0.25, 0.3) is 10.1 Å². The first-order valence-electron chi connectivity index (χ1n) is 8.14. The highest BCUT2D eigenvalue weighted by Crippen LogP contribution is 2.25. The monoisotopic (exact) mass is 356 g/mol. The van der Waals surface area contributed by atoms with Crippen molar-refractivity contribution in [2.45, 2.75) is 19.4 Å². The van der Waals surface area contributed by atoms with Crippen molar-refractivity contribution in [2.75, 3.05) is 18.0 Å². The highest BCUT2D eigenvalue weighted by molar-refractivity contribution is 7.13. The molecule has 1 atom stereocenters. The number of pyridine rings is 1. The fourth-order valence-electron chi connectivity index (χ4n) is 3.15. The lowest BCUT2D eigenvalue weighted by Crippen LogP contribution is -2.37. The van der Waals surface area contributed by atoms with E-state index in [2.05, 4.69) is 14.7 Å². The maximum atomic E-state index is 13.9. The second kappa shape index (κ2) is 6.40. The van der Waals surface area contributed by atoms with Crippen LogP contribution in [-0.2, 0) is 0 Å². The Bertz CT molecular complexity index is 942. The Hall–Kier alpha value is -2.54. The number of nitrogens with one attached hydrogen (secondary N) is 1. The molecule has 5 nitrogen and oxygen atoms in total. The lowest BCUT2D eigenvalue weighted by molar-refractivity contribution is 0.0938. The molecule has 1 aliphatic heterocycles. The molecule has 1 aromatic carbocycles. The van der Waals surface area contributed by atoms with Gasteiger partial charge in [-0.1, -0.05) is 11.6 Å². The molecule has 1 fully saturated rings. The summed E-state index contributed by atoms with van der Waals surface area (Å²) in [6, 6.07) is 8.91. The van der Waals surface area contributed by atoms with Gasteiger partial charge in [0.15, 0.2) is 11.6 Å². The Balaban J connectivity index is 1.48. The van der Waals surface area contributed by atoms with Crippen molar-refractivity contribution in [1.82, 2.24) is 14.7 Å². The number of rotatable bonds is 3. The number of aromatic nitrogens is 2. The third-order valence-electron chi connectivity index (χ3n) is 4.40. The lowest BCUT2D eigenvalue weighted by Gasteiger charge is -2.18. The van der Waals surface area contributed by atoms with Gasteiger partial charge in [-0.2, -0.15) is 4.37 Å². The van der Waals surface area contributed by atoms with E-state index in [1.807, 2.05) is 30.0 Å². The van der Waals surface area contributed by atoms with Gasteiger partial charge in [-0.3, -0.25) is 4.79 Å². The second-order valence-corrected chi connectivity index (χ2v) is 7.05. The van der Waals surface area contributed by atoms with E-state index in [1.54, 1.807) is 12.3 Å². The van der Waals surface area contributed by atoms with Crippen LogP contribution in [0.2, 0.25) is 0 Å². The Labute approximate surface area is 148 Å². The summed E-state index contributed by atoms with van der Waals surface area (Å²) >= 11 is 1.33. The number of carbonyl (C=O) groups excluding carboxylic acids is 1. The number of fused-ring (bicyclic) bond motifs is 1. The topological polar surface area (TPSA) is 58.1 Å². The Morgan fingerprint density at radius 1 is 1.40 bits per heavy atom. The van der Waals surface area contributed by atoms with Crippen LogP contribution in [0.4, 0.5) is 10.2 Å². The van der Waals surface area contributed by atoms with Gasteiger partial charge in [0.1, 0.15) is 5.69 Å². The summed E-state index contributed by atoms with van der Waals surface area (Å²) in [5, 5.41) is 3.91. The van der Waals surface area contributed by atoms with Crippen molar-refractivity contribution in [2.24, 2.45) is 0 Å². The molecule has 1 N–H and O–H groups in total. The van der Waals surface area contributed by atoms with Gasteiger partial charge in [0.25, 0.3) is 5.91 Å². The number of halogens is 1. The zero-order valence-electron chi connectivity index (χ0n) is 13.7. The average molecular weight is 356 g/mol. The third-order valence-corrected chi connectivity index (χ3v) is 5.23. The molecule has 25 heavy (non-hydrogen) atoms. The maximum absolute atomic E-state index is 13.9. The third kappa shape index (κ3) is 3.07. The van der Waals surface area contributed by atoms with E-state index < -0.39 is 0 Å². The number of hydrogen-bond acceptors (Lipinski definition) is 5. The number of amides is 1. The fraction of sp³-hybridized carbons (Fsp3) is 0.278. The van der Waals surface area contributed by atoms with Crippen LogP contribution in [0.3, 0.4) is 0 Å². The fourth-order valence-corrected chi connectivity index (χ4v) is 3.90. The molecule has 0 saturated carbocycles. The summed E-state index contributed by atoms with van der Waals surface area (Å²) in [6.45, 7) is 3.20. The van der Waals surface area contributed by atoms with Gasteiger partial charge in [0.05, 0.1) is 4.70 Å². The molecule has 7 heteroatoms. The minimum absolute atomic E-state index is 0.0459. The van der Waals surface area contributed by atoms with E-state index in [0.717, 1.165) is 22.1 Å². The smallest absolute Gasteiger partial charge is 0.271 e. The summed E-state index contributed by atoms with van der Waals surface area (Å²) in [7, 11) is 0. The summed E-state index contributed by atoms with van der Waals surface area (Å²) in [5.41, 5.74) is 1.56. The normalized spacial score (nSPS) is 17.2. The molecule has 0 radical (unpaired) electrons. The predicted octanol–water partition coefficient (Wildman–Crippen LogP) is 3.15. The predicted molar refractivity (Wildman–Crippen MR) is 96.6 cm³/mol. The molecule has 4 rings (SSSR count). The minimum atomic E-state index is -0.338. The molecule has 1 unspecified atom stereocenters. The molecular weight excluding hydrogens is 339 g/mol. The molecule has 0 spiro atoms. The highest BCUT2D eigenvalue weighted by atomic mass is 32.1.